The Morgan fingerprint density at radius 3 is 2.29 bits per heavy atom. The van der Waals surface area contributed by atoms with Crippen molar-refractivity contribution in [3.05, 3.63) is 94.6 Å². The fraction of sp³-hybridized carbons (Fsp3) is 0.138. The Labute approximate surface area is 252 Å². The van der Waals surface area contributed by atoms with Gasteiger partial charge in [0.15, 0.2) is 5.69 Å². The number of halogens is 2. The summed E-state index contributed by atoms with van der Waals surface area (Å²) in [5, 5.41) is 2.79. The highest BCUT2D eigenvalue weighted by atomic mass is 35.5. The van der Waals surface area contributed by atoms with Gasteiger partial charge in [-0.2, -0.15) is 0 Å². The molecule has 0 bridgehead atoms. The van der Waals surface area contributed by atoms with Gasteiger partial charge in [0.25, 0.3) is 15.9 Å². The fourth-order valence-corrected chi connectivity index (χ4v) is 6.60. The predicted octanol–water partition coefficient (Wildman–Crippen LogP) is 5.92. The van der Waals surface area contributed by atoms with E-state index in [0.717, 1.165) is 3.97 Å². The van der Waals surface area contributed by atoms with Gasteiger partial charge in [-0.25, -0.2) is 22.0 Å². The summed E-state index contributed by atoms with van der Waals surface area (Å²) < 4.78 is 34.0. The number of rotatable bonds is 9. The Bertz CT molecular complexity index is 1840. The van der Waals surface area contributed by atoms with Crippen LogP contribution in [0.2, 0.25) is 10.0 Å². The molecule has 10 nitrogen and oxygen atoms in total. The SMILES string of the molecule is C=C(C(=O)Nc1ccccc1N(CC)C(N)=O)c1c(C(=O)OCC)n(S(=O)(=O)c2ccccc2)c2cc(Cl)cc(Cl)c12. The zero-order valence-corrected chi connectivity index (χ0v) is 24.9. The first-order chi connectivity index (χ1) is 19.9. The molecule has 42 heavy (non-hydrogen) atoms. The first kappa shape index (κ1) is 30.6. The molecule has 3 N–H and O–H groups in total. The molecule has 0 aliphatic rings. The molecule has 1 aromatic heterocycles. The topological polar surface area (TPSA) is 141 Å². The standard InChI is InChI=1S/C29H26Cl2N4O6S/c1-4-34(29(32)38)22-14-10-9-13-21(22)33-27(36)17(3)24-25-20(31)15-18(30)16-23(25)35(26(24)28(37)41-5-2)42(39,40)19-11-7-6-8-12-19/h6-16H,3-5H2,1-2H3,(H2,32,38)(H,33,36). The summed E-state index contributed by atoms with van der Waals surface area (Å²) >= 11 is 12.9. The normalized spacial score (nSPS) is 11.2. The van der Waals surface area contributed by atoms with Crippen molar-refractivity contribution in [1.29, 1.82) is 0 Å². The number of nitrogens with one attached hydrogen (secondary N) is 1. The van der Waals surface area contributed by atoms with Gasteiger partial charge in [-0.05, 0) is 50.2 Å². The van der Waals surface area contributed by atoms with Crippen molar-refractivity contribution in [3.8, 4) is 0 Å². The molecule has 0 aliphatic carbocycles. The van der Waals surface area contributed by atoms with Crippen LogP contribution in [0, 0.1) is 0 Å². The van der Waals surface area contributed by atoms with Crippen molar-refractivity contribution < 1.29 is 27.5 Å². The Balaban J connectivity index is 1.98. The molecule has 0 unspecified atom stereocenters. The van der Waals surface area contributed by atoms with Crippen molar-refractivity contribution in [3.63, 3.8) is 0 Å². The van der Waals surface area contributed by atoms with E-state index in [4.69, 9.17) is 33.7 Å². The van der Waals surface area contributed by atoms with Gasteiger partial charge in [0, 0.05) is 28.1 Å². The van der Waals surface area contributed by atoms with Crippen molar-refractivity contribution >= 4 is 79.0 Å². The number of esters is 1. The minimum atomic E-state index is -4.45. The van der Waals surface area contributed by atoms with E-state index < -0.39 is 33.6 Å². The van der Waals surface area contributed by atoms with Crippen molar-refractivity contribution in [2.45, 2.75) is 18.7 Å². The molecule has 0 aliphatic heterocycles. The van der Waals surface area contributed by atoms with E-state index in [1.807, 2.05) is 0 Å². The van der Waals surface area contributed by atoms with E-state index in [9.17, 15) is 22.8 Å². The average Bonchev–Trinajstić information content (AvgIpc) is 3.30. The number of para-hydroxylation sites is 2. The van der Waals surface area contributed by atoms with Crippen LogP contribution in [0.4, 0.5) is 16.2 Å². The van der Waals surface area contributed by atoms with Crippen LogP contribution < -0.4 is 16.0 Å². The smallest absolute Gasteiger partial charge is 0.356 e. The average molecular weight is 630 g/mol. The van der Waals surface area contributed by atoms with E-state index in [1.54, 1.807) is 44.2 Å². The number of carbonyl (C=O) groups excluding carboxylic acids is 3. The van der Waals surface area contributed by atoms with E-state index in [-0.39, 0.29) is 55.8 Å². The largest absolute Gasteiger partial charge is 0.461 e. The minimum absolute atomic E-state index is 0.0275. The Hall–Kier alpha value is -4.32. The number of hydrogen-bond donors (Lipinski definition) is 2. The van der Waals surface area contributed by atoms with Crippen molar-refractivity contribution in [1.82, 2.24) is 3.97 Å². The quantitative estimate of drug-likeness (QED) is 0.174. The molecule has 0 fully saturated rings. The number of hydrogen-bond acceptors (Lipinski definition) is 6. The van der Waals surface area contributed by atoms with E-state index in [1.165, 1.54) is 41.3 Å². The van der Waals surface area contributed by atoms with Gasteiger partial charge < -0.3 is 15.8 Å². The molecule has 13 heteroatoms. The molecule has 3 aromatic carbocycles. The number of amides is 3. The number of primary amides is 1. The lowest BCUT2D eigenvalue weighted by atomic mass is 10.0. The predicted molar refractivity (Wildman–Crippen MR) is 164 cm³/mol. The van der Waals surface area contributed by atoms with Crippen LogP contribution >= 0.6 is 23.2 Å². The van der Waals surface area contributed by atoms with E-state index in [2.05, 4.69) is 11.9 Å². The molecular weight excluding hydrogens is 603 g/mol. The summed E-state index contributed by atoms with van der Waals surface area (Å²) in [6.07, 6.45) is 0. The molecule has 218 valence electrons. The molecule has 0 spiro atoms. The minimum Gasteiger partial charge on any atom is -0.461 e. The van der Waals surface area contributed by atoms with Gasteiger partial charge in [-0.1, -0.05) is 60.1 Å². The van der Waals surface area contributed by atoms with Crippen molar-refractivity contribution in [2.75, 3.05) is 23.4 Å². The van der Waals surface area contributed by atoms with Gasteiger partial charge in [0.2, 0.25) is 0 Å². The van der Waals surface area contributed by atoms with Gasteiger partial charge in [0.05, 0.1) is 33.4 Å². The third-order valence-corrected chi connectivity index (χ3v) is 8.54. The lowest BCUT2D eigenvalue weighted by Gasteiger charge is -2.22. The number of carbonyl (C=O) groups is 3. The summed E-state index contributed by atoms with van der Waals surface area (Å²) in [6, 6.07) is 15.8. The first-order valence-corrected chi connectivity index (χ1v) is 14.8. The molecule has 3 amide bonds. The number of urea groups is 1. The highest BCUT2D eigenvalue weighted by Gasteiger charge is 2.35. The van der Waals surface area contributed by atoms with Crippen LogP contribution in [0.3, 0.4) is 0 Å². The molecule has 0 radical (unpaired) electrons. The number of aromatic nitrogens is 1. The zero-order valence-electron chi connectivity index (χ0n) is 22.6. The maximum Gasteiger partial charge on any atom is 0.356 e. The van der Waals surface area contributed by atoms with Gasteiger partial charge in [-0.3, -0.25) is 9.69 Å². The summed E-state index contributed by atoms with van der Waals surface area (Å²) in [6.45, 7) is 7.30. The summed E-state index contributed by atoms with van der Waals surface area (Å²) in [4.78, 5) is 40.3. The Morgan fingerprint density at radius 2 is 1.67 bits per heavy atom. The maximum atomic E-state index is 14.0. The van der Waals surface area contributed by atoms with E-state index >= 15 is 0 Å². The Kier molecular flexibility index (Phi) is 8.95. The third kappa shape index (κ3) is 5.58. The van der Waals surface area contributed by atoms with Crippen molar-refractivity contribution in [2.24, 2.45) is 5.73 Å². The number of benzene rings is 3. The maximum absolute atomic E-state index is 14.0. The third-order valence-electron chi connectivity index (χ3n) is 6.29. The summed E-state index contributed by atoms with van der Waals surface area (Å²) in [7, 11) is -4.45. The fourth-order valence-electron chi connectivity index (χ4n) is 4.50. The lowest BCUT2D eigenvalue weighted by Crippen LogP contribution is -2.36. The summed E-state index contributed by atoms with van der Waals surface area (Å²) in [5.74, 6) is -1.84. The molecule has 4 rings (SSSR count). The van der Waals surface area contributed by atoms with Crippen LogP contribution in [0.15, 0.2) is 78.2 Å². The molecular formula is C29H26Cl2N4O6S. The zero-order chi connectivity index (χ0) is 30.8. The number of fused-ring (bicyclic) bond motifs is 1. The number of nitrogens with zero attached hydrogens (tertiary/aromatic N) is 2. The second-order valence-electron chi connectivity index (χ2n) is 8.84. The molecule has 0 saturated heterocycles. The van der Waals surface area contributed by atoms with Gasteiger partial charge in [0.1, 0.15) is 0 Å². The molecule has 0 saturated carbocycles. The Morgan fingerprint density at radius 1 is 1.02 bits per heavy atom. The summed E-state index contributed by atoms with van der Waals surface area (Å²) in [5.41, 5.74) is 5.04. The van der Waals surface area contributed by atoms with Crippen LogP contribution in [0.5, 0.6) is 0 Å². The highest BCUT2D eigenvalue weighted by molar-refractivity contribution is 7.90. The molecule has 1 heterocycles. The first-order valence-electron chi connectivity index (χ1n) is 12.6. The van der Waals surface area contributed by atoms with Gasteiger partial charge in [-0.15, -0.1) is 0 Å². The lowest BCUT2D eigenvalue weighted by molar-refractivity contribution is -0.111. The van der Waals surface area contributed by atoms with Crippen LogP contribution in [0.1, 0.15) is 29.9 Å². The second-order valence-corrected chi connectivity index (χ2v) is 11.5. The van der Waals surface area contributed by atoms with Crippen LogP contribution in [0.25, 0.3) is 16.5 Å². The highest BCUT2D eigenvalue weighted by Crippen LogP contribution is 2.41. The molecule has 0 atom stereocenters. The monoisotopic (exact) mass is 628 g/mol. The molecule has 4 aromatic rings. The van der Waals surface area contributed by atoms with Gasteiger partial charge >= 0.3 is 12.0 Å². The number of ether oxygens (including phenoxy) is 1. The van der Waals surface area contributed by atoms with Crippen LogP contribution in [-0.4, -0.2) is 43.4 Å². The second kappa shape index (κ2) is 12.3. The number of anilines is 2. The van der Waals surface area contributed by atoms with E-state index in [0.29, 0.717) is 5.69 Å². The van der Waals surface area contributed by atoms with Crippen LogP contribution in [-0.2, 0) is 19.6 Å². The number of nitrogens with two attached hydrogens (primary N) is 1.